The van der Waals surface area contributed by atoms with Crippen molar-refractivity contribution >= 4 is 28.7 Å². The highest BCUT2D eigenvalue weighted by Gasteiger charge is 2.38. The third kappa shape index (κ3) is 2.62. The number of nitrogens with zero attached hydrogens (tertiary/aromatic N) is 2. The Hall–Kier alpha value is -1.98. The molecule has 4 nitrogen and oxygen atoms in total. The number of carbonyl (C=O) groups is 2. The third-order valence-corrected chi connectivity index (χ3v) is 6.39. The van der Waals surface area contributed by atoms with Gasteiger partial charge in [-0.2, -0.15) is 0 Å². The second-order valence-electron chi connectivity index (χ2n) is 7.17. The smallest absolute Gasteiger partial charge is 0.291 e. The van der Waals surface area contributed by atoms with Crippen LogP contribution in [0.3, 0.4) is 0 Å². The number of anilines is 1. The summed E-state index contributed by atoms with van der Waals surface area (Å²) in [6.45, 7) is 7.74. The predicted molar refractivity (Wildman–Crippen MR) is 100 cm³/mol. The zero-order valence-corrected chi connectivity index (χ0v) is 15.6. The average molecular weight is 354 g/mol. The van der Waals surface area contributed by atoms with Crippen molar-refractivity contribution in [3.05, 3.63) is 51.2 Å². The summed E-state index contributed by atoms with van der Waals surface area (Å²) in [5.74, 6) is -0.445. The van der Waals surface area contributed by atoms with Gasteiger partial charge in [0.05, 0.1) is 17.9 Å². The molecule has 1 aromatic carbocycles. The molecule has 1 aromatic heterocycles. The maximum absolute atomic E-state index is 12.6. The number of amides is 1. The average Bonchev–Trinajstić information content (AvgIpc) is 3.16. The van der Waals surface area contributed by atoms with E-state index in [1.54, 1.807) is 16.2 Å². The van der Waals surface area contributed by atoms with Crippen molar-refractivity contribution in [3.8, 4) is 0 Å². The monoisotopic (exact) mass is 354 g/mol. The van der Waals surface area contributed by atoms with Crippen molar-refractivity contribution in [2.75, 3.05) is 18.1 Å². The first kappa shape index (κ1) is 16.5. The topological polar surface area (TPSA) is 40.6 Å². The van der Waals surface area contributed by atoms with Gasteiger partial charge in [-0.25, -0.2) is 0 Å². The number of benzene rings is 1. The van der Waals surface area contributed by atoms with Crippen LogP contribution in [-0.4, -0.2) is 29.8 Å². The van der Waals surface area contributed by atoms with E-state index in [0.717, 1.165) is 24.2 Å². The van der Waals surface area contributed by atoms with E-state index in [4.69, 9.17) is 0 Å². The van der Waals surface area contributed by atoms with E-state index in [1.165, 1.54) is 10.4 Å². The van der Waals surface area contributed by atoms with Crippen LogP contribution in [0.5, 0.6) is 0 Å². The van der Waals surface area contributed by atoms with Gasteiger partial charge in [-0.15, -0.1) is 11.3 Å². The Kier molecular flexibility index (Phi) is 4.01. The van der Waals surface area contributed by atoms with E-state index in [-0.39, 0.29) is 11.8 Å². The number of rotatable bonds is 3. The van der Waals surface area contributed by atoms with Gasteiger partial charge in [0.15, 0.2) is 0 Å². The van der Waals surface area contributed by atoms with Crippen LogP contribution in [0.15, 0.2) is 29.6 Å². The number of ketones is 1. The van der Waals surface area contributed by atoms with Gasteiger partial charge in [-0.1, -0.05) is 19.9 Å². The molecule has 0 bridgehead atoms. The summed E-state index contributed by atoms with van der Waals surface area (Å²) in [5, 5.41) is 2.14. The first-order chi connectivity index (χ1) is 12.0. The summed E-state index contributed by atoms with van der Waals surface area (Å²) < 4.78 is 0. The van der Waals surface area contributed by atoms with E-state index in [2.05, 4.69) is 37.1 Å². The minimum atomic E-state index is -0.403. The van der Waals surface area contributed by atoms with E-state index in [1.807, 2.05) is 18.2 Å². The molecule has 1 amide bonds. The molecule has 5 heteroatoms. The molecule has 0 saturated carbocycles. The molecular weight excluding hydrogens is 332 g/mol. The standard InChI is InChI=1S/C20H22N2O2S/c1-12(2)14-4-5-17-16(10-14)19(23)20(24)22(17)11-21-8-6-18-15(13(21)3)7-9-25-18/h4-5,7,9-10,12-13H,6,8,11H2,1-3H3/t13-/m0/s1. The van der Waals surface area contributed by atoms with E-state index >= 15 is 0 Å². The predicted octanol–water partition coefficient (Wildman–Crippen LogP) is 3.98. The minimum absolute atomic E-state index is 0.261. The molecule has 4 rings (SSSR count). The largest absolute Gasteiger partial charge is 0.300 e. The molecule has 3 heterocycles. The quantitative estimate of drug-likeness (QED) is 0.783. The molecule has 2 aliphatic rings. The first-order valence-electron chi connectivity index (χ1n) is 8.78. The highest BCUT2D eigenvalue weighted by atomic mass is 32.1. The van der Waals surface area contributed by atoms with Crippen molar-refractivity contribution in [2.45, 2.75) is 39.2 Å². The number of Topliss-reactive ketones (excluding diaryl/α,β-unsaturated/α-hetero) is 1. The first-order valence-corrected chi connectivity index (χ1v) is 9.65. The van der Waals surface area contributed by atoms with Crippen LogP contribution in [-0.2, 0) is 11.2 Å². The molecule has 0 saturated heterocycles. The second kappa shape index (κ2) is 6.07. The summed E-state index contributed by atoms with van der Waals surface area (Å²) >= 11 is 1.81. The summed E-state index contributed by atoms with van der Waals surface area (Å²) in [7, 11) is 0. The Morgan fingerprint density at radius 2 is 2.04 bits per heavy atom. The molecule has 2 aromatic rings. The summed E-state index contributed by atoms with van der Waals surface area (Å²) in [4.78, 5) is 30.4. The Bertz CT molecular complexity index is 855. The summed E-state index contributed by atoms with van der Waals surface area (Å²) in [5.41, 5.74) is 3.75. The van der Waals surface area contributed by atoms with Crippen LogP contribution in [0.25, 0.3) is 0 Å². The van der Waals surface area contributed by atoms with E-state index in [9.17, 15) is 9.59 Å². The minimum Gasteiger partial charge on any atom is -0.291 e. The summed E-state index contributed by atoms with van der Waals surface area (Å²) in [6.07, 6.45) is 1.01. The fraction of sp³-hybridized carbons (Fsp3) is 0.400. The number of fused-ring (bicyclic) bond motifs is 2. The molecule has 0 spiro atoms. The van der Waals surface area contributed by atoms with E-state index < -0.39 is 5.91 Å². The van der Waals surface area contributed by atoms with Crippen LogP contribution >= 0.6 is 11.3 Å². The molecular formula is C20H22N2O2S. The highest BCUT2D eigenvalue weighted by molar-refractivity contribution is 7.10. The van der Waals surface area contributed by atoms with Gasteiger partial charge in [-0.05, 0) is 54.0 Å². The number of carbonyl (C=O) groups excluding carboxylic acids is 2. The van der Waals surface area contributed by atoms with Crippen LogP contribution in [0.4, 0.5) is 5.69 Å². The molecule has 0 radical (unpaired) electrons. The fourth-order valence-corrected chi connectivity index (χ4v) is 4.72. The lowest BCUT2D eigenvalue weighted by atomic mass is 9.99. The molecule has 25 heavy (non-hydrogen) atoms. The van der Waals surface area contributed by atoms with Gasteiger partial charge in [-0.3, -0.25) is 19.4 Å². The Morgan fingerprint density at radius 3 is 2.80 bits per heavy atom. The number of hydrogen-bond donors (Lipinski definition) is 0. The van der Waals surface area contributed by atoms with Crippen molar-refractivity contribution in [1.29, 1.82) is 0 Å². The zero-order chi connectivity index (χ0) is 17.7. The van der Waals surface area contributed by atoms with Gasteiger partial charge in [0.2, 0.25) is 0 Å². The SMILES string of the molecule is CC(C)c1ccc2c(c1)C(=O)C(=O)N2CN1CCc2sccc2[C@@H]1C. The van der Waals surface area contributed by atoms with Gasteiger partial charge in [0, 0.05) is 17.5 Å². The number of thiophene rings is 1. The molecule has 130 valence electrons. The maximum Gasteiger partial charge on any atom is 0.300 e. The third-order valence-electron chi connectivity index (χ3n) is 5.39. The van der Waals surface area contributed by atoms with Crippen molar-refractivity contribution in [2.24, 2.45) is 0 Å². The Balaban J connectivity index is 1.62. The lowest BCUT2D eigenvalue weighted by Crippen LogP contribution is -2.44. The van der Waals surface area contributed by atoms with Crippen LogP contribution in [0.2, 0.25) is 0 Å². The van der Waals surface area contributed by atoms with Crippen LogP contribution in [0, 0.1) is 0 Å². The van der Waals surface area contributed by atoms with Crippen molar-refractivity contribution < 1.29 is 9.59 Å². The van der Waals surface area contributed by atoms with Crippen LogP contribution in [0.1, 0.15) is 59.1 Å². The van der Waals surface area contributed by atoms with Gasteiger partial charge >= 0.3 is 5.91 Å². The van der Waals surface area contributed by atoms with Crippen molar-refractivity contribution in [3.63, 3.8) is 0 Å². The second-order valence-corrected chi connectivity index (χ2v) is 8.17. The highest BCUT2D eigenvalue weighted by Crippen LogP contribution is 2.36. The Labute approximate surface area is 152 Å². The molecule has 2 aliphatic heterocycles. The van der Waals surface area contributed by atoms with Gasteiger partial charge in [0.25, 0.3) is 5.78 Å². The number of hydrogen-bond acceptors (Lipinski definition) is 4. The van der Waals surface area contributed by atoms with Crippen LogP contribution < -0.4 is 4.90 Å². The molecule has 1 atom stereocenters. The normalized spacial score (nSPS) is 20.3. The van der Waals surface area contributed by atoms with Gasteiger partial charge < -0.3 is 0 Å². The molecule has 0 fully saturated rings. The maximum atomic E-state index is 12.6. The van der Waals surface area contributed by atoms with Crippen molar-refractivity contribution in [1.82, 2.24) is 4.90 Å². The summed E-state index contributed by atoms with van der Waals surface area (Å²) in [6, 6.07) is 8.28. The molecule has 0 unspecified atom stereocenters. The van der Waals surface area contributed by atoms with Gasteiger partial charge in [0.1, 0.15) is 0 Å². The molecule has 0 aliphatic carbocycles. The lowest BCUT2D eigenvalue weighted by molar-refractivity contribution is -0.114. The molecule has 0 N–H and O–H groups in total. The Morgan fingerprint density at radius 1 is 1.24 bits per heavy atom. The van der Waals surface area contributed by atoms with E-state index in [0.29, 0.717) is 18.2 Å². The fourth-order valence-electron chi connectivity index (χ4n) is 3.75. The zero-order valence-electron chi connectivity index (χ0n) is 14.8. The lowest BCUT2D eigenvalue weighted by Gasteiger charge is -2.36.